The predicted molar refractivity (Wildman–Crippen MR) is 73.4 cm³/mol. The fourth-order valence-corrected chi connectivity index (χ4v) is 4.95. The Labute approximate surface area is 114 Å². The first-order valence-corrected chi connectivity index (χ1v) is 7.44. The second-order valence-corrected chi connectivity index (χ2v) is 6.63. The monoisotopic (exact) mass is 253 g/mol. The van der Waals surface area contributed by atoms with Crippen LogP contribution in [-0.2, 0) is 0 Å². The highest BCUT2D eigenvalue weighted by atomic mass is 15.0. The number of pyridine rings is 1. The average Bonchev–Trinajstić information content (AvgIpc) is 2.42. The lowest BCUT2D eigenvalue weighted by molar-refractivity contribution is 0.00752. The third-order valence-electron chi connectivity index (χ3n) is 5.49. The van der Waals surface area contributed by atoms with Crippen LogP contribution >= 0.6 is 0 Å². The van der Waals surface area contributed by atoms with Gasteiger partial charge in [0.05, 0.1) is 17.4 Å². The molecule has 4 aliphatic carbocycles. The third kappa shape index (κ3) is 1.82. The van der Waals surface area contributed by atoms with E-state index in [-0.39, 0.29) is 0 Å². The number of nitriles is 1. The van der Waals surface area contributed by atoms with Crippen LogP contribution in [-0.4, -0.2) is 11.0 Å². The van der Waals surface area contributed by atoms with E-state index in [1.807, 2.05) is 6.20 Å². The number of anilines is 1. The number of nitrogens with one attached hydrogen (secondary N) is 1. The fraction of sp³-hybridized carbons (Fsp3) is 0.625. The van der Waals surface area contributed by atoms with Crippen LogP contribution in [0.1, 0.15) is 37.7 Å². The van der Waals surface area contributed by atoms with Crippen LogP contribution in [0.2, 0.25) is 0 Å². The van der Waals surface area contributed by atoms with Gasteiger partial charge in [0.1, 0.15) is 6.07 Å². The van der Waals surface area contributed by atoms with Crippen LogP contribution in [0.5, 0.6) is 0 Å². The van der Waals surface area contributed by atoms with E-state index in [0.717, 1.165) is 34.9 Å². The number of rotatable bonds is 2. The molecule has 4 saturated carbocycles. The van der Waals surface area contributed by atoms with Gasteiger partial charge in [0.25, 0.3) is 0 Å². The summed E-state index contributed by atoms with van der Waals surface area (Å²) in [6.07, 6.45) is 10.6. The molecule has 0 radical (unpaired) electrons. The molecule has 4 fully saturated rings. The molecule has 1 aromatic heterocycles. The molecule has 0 amide bonds. The molecule has 19 heavy (non-hydrogen) atoms. The molecule has 0 unspecified atom stereocenters. The van der Waals surface area contributed by atoms with E-state index in [4.69, 9.17) is 0 Å². The normalized spacial score (nSPS) is 39.0. The topological polar surface area (TPSA) is 48.7 Å². The Hall–Kier alpha value is -1.56. The van der Waals surface area contributed by atoms with Gasteiger partial charge in [0.2, 0.25) is 0 Å². The molecule has 0 aromatic carbocycles. The molecular formula is C16H19N3. The van der Waals surface area contributed by atoms with E-state index in [1.54, 1.807) is 12.3 Å². The summed E-state index contributed by atoms with van der Waals surface area (Å²) in [4.78, 5) is 4.16. The molecular weight excluding hydrogens is 234 g/mol. The van der Waals surface area contributed by atoms with Crippen molar-refractivity contribution in [1.82, 2.24) is 4.98 Å². The summed E-state index contributed by atoms with van der Waals surface area (Å²) in [7, 11) is 0. The maximum Gasteiger partial charge on any atom is 0.101 e. The van der Waals surface area contributed by atoms with Gasteiger partial charge in [0.15, 0.2) is 0 Å². The number of nitrogens with zero attached hydrogens (tertiary/aromatic N) is 2. The highest BCUT2D eigenvalue weighted by Crippen LogP contribution is 2.54. The van der Waals surface area contributed by atoms with Gasteiger partial charge in [-0.1, -0.05) is 0 Å². The molecule has 5 rings (SSSR count). The molecule has 1 N–H and O–H groups in total. The van der Waals surface area contributed by atoms with Crippen molar-refractivity contribution < 1.29 is 0 Å². The summed E-state index contributed by atoms with van der Waals surface area (Å²) >= 11 is 0. The lowest BCUT2D eigenvalue weighted by atomic mass is 9.54. The molecule has 0 spiro atoms. The summed E-state index contributed by atoms with van der Waals surface area (Å²) in [5.41, 5.74) is 1.66. The Kier molecular flexibility index (Phi) is 2.51. The van der Waals surface area contributed by atoms with E-state index in [9.17, 15) is 5.26 Å². The van der Waals surface area contributed by atoms with Crippen LogP contribution in [0.25, 0.3) is 0 Å². The predicted octanol–water partition coefficient (Wildman–Crippen LogP) is 3.19. The van der Waals surface area contributed by atoms with Gasteiger partial charge in [-0.15, -0.1) is 0 Å². The van der Waals surface area contributed by atoms with Crippen molar-refractivity contribution >= 4 is 5.69 Å². The lowest BCUT2D eigenvalue weighted by Gasteiger charge is -2.54. The standard InChI is InChI=1S/C16H19N3/c17-8-12-1-2-18-9-15(12)19-16-13-4-10-3-11(6-13)7-14(16)5-10/h1-2,9-11,13-14,16,19H,3-7H2. The zero-order valence-corrected chi connectivity index (χ0v) is 11.0. The summed E-state index contributed by atoms with van der Waals surface area (Å²) in [5, 5.41) is 12.8. The largest absolute Gasteiger partial charge is 0.379 e. The molecule has 1 heterocycles. The highest BCUT2D eigenvalue weighted by Gasteiger charge is 2.48. The molecule has 0 aliphatic heterocycles. The first-order chi connectivity index (χ1) is 9.33. The van der Waals surface area contributed by atoms with Crippen molar-refractivity contribution in [2.75, 3.05) is 5.32 Å². The van der Waals surface area contributed by atoms with E-state index < -0.39 is 0 Å². The van der Waals surface area contributed by atoms with E-state index in [1.165, 1.54) is 32.1 Å². The zero-order valence-electron chi connectivity index (χ0n) is 11.0. The van der Waals surface area contributed by atoms with Gasteiger partial charge >= 0.3 is 0 Å². The minimum Gasteiger partial charge on any atom is -0.379 e. The molecule has 4 aliphatic rings. The maximum atomic E-state index is 9.18. The minimum absolute atomic E-state index is 0.573. The molecule has 98 valence electrons. The van der Waals surface area contributed by atoms with Gasteiger partial charge in [-0.3, -0.25) is 4.98 Å². The summed E-state index contributed by atoms with van der Waals surface area (Å²) in [5.74, 6) is 3.63. The van der Waals surface area contributed by atoms with Crippen molar-refractivity contribution in [3.63, 3.8) is 0 Å². The Morgan fingerprint density at radius 3 is 2.42 bits per heavy atom. The van der Waals surface area contributed by atoms with Crippen molar-refractivity contribution in [3.8, 4) is 6.07 Å². The number of hydrogen-bond acceptors (Lipinski definition) is 3. The average molecular weight is 253 g/mol. The van der Waals surface area contributed by atoms with Crippen LogP contribution in [0.15, 0.2) is 18.5 Å². The van der Waals surface area contributed by atoms with Crippen molar-refractivity contribution in [2.45, 2.75) is 38.1 Å². The SMILES string of the molecule is N#Cc1ccncc1NC1C2CC3CC(C2)CC1C3. The summed E-state index contributed by atoms with van der Waals surface area (Å²) in [6.45, 7) is 0. The first-order valence-electron chi connectivity index (χ1n) is 7.44. The lowest BCUT2D eigenvalue weighted by Crippen LogP contribution is -2.51. The Bertz CT molecular complexity index is 503. The van der Waals surface area contributed by atoms with Gasteiger partial charge in [-0.05, 0) is 61.8 Å². The Morgan fingerprint density at radius 2 is 1.79 bits per heavy atom. The molecule has 3 heteroatoms. The van der Waals surface area contributed by atoms with Gasteiger partial charge < -0.3 is 5.32 Å². The smallest absolute Gasteiger partial charge is 0.101 e. The highest BCUT2D eigenvalue weighted by molar-refractivity contribution is 5.56. The first kappa shape index (κ1) is 11.3. The Balaban J connectivity index is 1.59. The minimum atomic E-state index is 0.573. The van der Waals surface area contributed by atoms with E-state index >= 15 is 0 Å². The van der Waals surface area contributed by atoms with Crippen molar-refractivity contribution in [2.24, 2.45) is 23.7 Å². The summed E-state index contributed by atoms with van der Waals surface area (Å²) in [6, 6.07) is 4.64. The van der Waals surface area contributed by atoms with Crippen LogP contribution in [0.3, 0.4) is 0 Å². The molecule has 3 nitrogen and oxygen atoms in total. The second-order valence-electron chi connectivity index (χ2n) is 6.63. The molecule has 0 atom stereocenters. The van der Waals surface area contributed by atoms with Crippen molar-refractivity contribution in [3.05, 3.63) is 24.0 Å². The Morgan fingerprint density at radius 1 is 1.11 bits per heavy atom. The second kappa shape index (κ2) is 4.23. The number of aromatic nitrogens is 1. The third-order valence-corrected chi connectivity index (χ3v) is 5.49. The quantitative estimate of drug-likeness (QED) is 0.880. The zero-order chi connectivity index (χ0) is 12.8. The van der Waals surface area contributed by atoms with Gasteiger partial charge in [0, 0.05) is 12.2 Å². The maximum absolute atomic E-state index is 9.18. The van der Waals surface area contributed by atoms with Crippen LogP contribution < -0.4 is 5.32 Å². The summed E-state index contributed by atoms with van der Waals surface area (Å²) < 4.78 is 0. The van der Waals surface area contributed by atoms with Gasteiger partial charge in [-0.25, -0.2) is 0 Å². The van der Waals surface area contributed by atoms with E-state index in [0.29, 0.717) is 6.04 Å². The molecule has 0 saturated heterocycles. The van der Waals surface area contributed by atoms with Crippen molar-refractivity contribution in [1.29, 1.82) is 5.26 Å². The fourth-order valence-electron chi connectivity index (χ4n) is 4.95. The number of hydrogen-bond donors (Lipinski definition) is 1. The van der Waals surface area contributed by atoms with Crippen LogP contribution in [0, 0.1) is 35.0 Å². The van der Waals surface area contributed by atoms with E-state index in [2.05, 4.69) is 16.4 Å². The van der Waals surface area contributed by atoms with Gasteiger partial charge in [-0.2, -0.15) is 5.26 Å². The van der Waals surface area contributed by atoms with Crippen LogP contribution in [0.4, 0.5) is 5.69 Å². The molecule has 4 bridgehead atoms. The molecule has 1 aromatic rings.